The third kappa shape index (κ3) is 4.02. The lowest BCUT2D eigenvalue weighted by molar-refractivity contribution is -0.122. The van der Waals surface area contributed by atoms with Gasteiger partial charge in [-0.1, -0.05) is 49.7 Å². The fourth-order valence-corrected chi connectivity index (χ4v) is 4.45. The predicted molar refractivity (Wildman–Crippen MR) is 128 cm³/mol. The van der Waals surface area contributed by atoms with Gasteiger partial charge in [-0.3, -0.25) is 9.78 Å². The van der Waals surface area contributed by atoms with Gasteiger partial charge in [-0.25, -0.2) is 4.98 Å². The van der Waals surface area contributed by atoms with Crippen molar-refractivity contribution >= 4 is 28.9 Å². The number of nitrogens with zero attached hydrogens (tertiary/aromatic N) is 3. The Balaban J connectivity index is 1.72. The monoisotopic (exact) mass is 450 g/mol. The molecule has 1 aliphatic heterocycles. The Hall–Kier alpha value is -3.12. The number of aromatic nitrogens is 2. The van der Waals surface area contributed by atoms with Crippen LogP contribution in [0.1, 0.15) is 36.6 Å². The van der Waals surface area contributed by atoms with Gasteiger partial charge >= 0.3 is 0 Å². The van der Waals surface area contributed by atoms with Crippen molar-refractivity contribution in [2.24, 2.45) is 0 Å². The minimum absolute atomic E-state index is 0.0879. The number of halogens is 1. The molecule has 3 heterocycles. The van der Waals surface area contributed by atoms with E-state index in [0.717, 1.165) is 16.9 Å². The first-order chi connectivity index (χ1) is 15.3. The third-order valence-electron chi connectivity index (χ3n) is 6.00. The lowest BCUT2D eigenvalue weighted by atomic mass is 9.69. The fourth-order valence-electron chi connectivity index (χ4n) is 4.31. The summed E-state index contributed by atoms with van der Waals surface area (Å²) >= 11 is 6.00. The van der Waals surface area contributed by atoms with Crippen LogP contribution in [0.4, 0.5) is 11.4 Å². The van der Waals surface area contributed by atoms with Crippen molar-refractivity contribution in [1.82, 2.24) is 9.97 Å². The lowest BCUT2D eigenvalue weighted by Crippen LogP contribution is -2.65. The van der Waals surface area contributed by atoms with E-state index < -0.39 is 5.41 Å². The minimum Gasteiger partial charge on any atom is -0.494 e. The van der Waals surface area contributed by atoms with Gasteiger partial charge < -0.3 is 15.0 Å². The molecule has 1 amide bonds. The molecule has 0 radical (unpaired) electrons. The van der Waals surface area contributed by atoms with Gasteiger partial charge in [-0.15, -0.1) is 0 Å². The van der Waals surface area contributed by atoms with Crippen LogP contribution in [0.3, 0.4) is 0 Å². The summed E-state index contributed by atoms with van der Waals surface area (Å²) in [4.78, 5) is 24.4. The third-order valence-corrected chi connectivity index (χ3v) is 6.21. The van der Waals surface area contributed by atoms with Crippen LogP contribution in [-0.2, 0) is 10.2 Å². The maximum Gasteiger partial charge on any atom is 0.238 e. The molecule has 166 valence electrons. The molecule has 3 aromatic rings. The van der Waals surface area contributed by atoms with E-state index in [2.05, 4.69) is 46.2 Å². The number of hydrogen-bond acceptors (Lipinski definition) is 5. The van der Waals surface area contributed by atoms with Crippen LogP contribution >= 0.6 is 11.6 Å². The van der Waals surface area contributed by atoms with Gasteiger partial charge in [-0.2, -0.15) is 0 Å². The number of nitrogens with one attached hydrogen (secondary N) is 1. The molecule has 4 rings (SSSR count). The van der Waals surface area contributed by atoms with Gasteiger partial charge in [0.05, 0.1) is 13.3 Å². The molecular weight excluding hydrogens is 424 g/mol. The summed E-state index contributed by atoms with van der Waals surface area (Å²) in [5.74, 6) is 0.682. The van der Waals surface area contributed by atoms with Crippen molar-refractivity contribution in [2.75, 3.05) is 30.4 Å². The Morgan fingerprint density at radius 1 is 1.19 bits per heavy atom. The number of benzene rings is 1. The van der Waals surface area contributed by atoms with Gasteiger partial charge in [0.25, 0.3) is 0 Å². The van der Waals surface area contributed by atoms with Gasteiger partial charge in [0.1, 0.15) is 22.0 Å². The highest BCUT2D eigenvalue weighted by Crippen LogP contribution is 2.42. The molecule has 0 atom stereocenters. The summed E-state index contributed by atoms with van der Waals surface area (Å²) in [7, 11) is 1.54. The minimum atomic E-state index is -0.706. The van der Waals surface area contributed by atoms with E-state index in [1.165, 1.54) is 11.8 Å². The zero-order valence-electron chi connectivity index (χ0n) is 18.7. The highest BCUT2D eigenvalue weighted by atomic mass is 35.5. The van der Waals surface area contributed by atoms with Crippen molar-refractivity contribution in [3.63, 3.8) is 0 Å². The van der Waals surface area contributed by atoms with Crippen molar-refractivity contribution in [2.45, 2.75) is 32.1 Å². The molecule has 32 heavy (non-hydrogen) atoms. The summed E-state index contributed by atoms with van der Waals surface area (Å²) in [5.41, 5.74) is 4.03. The number of amides is 1. The molecule has 0 aliphatic carbocycles. The normalized spacial score (nSPS) is 14.8. The zero-order valence-corrected chi connectivity index (χ0v) is 19.5. The predicted octanol–water partition coefficient (Wildman–Crippen LogP) is 4.97. The van der Waals surface area contributed by atoms with Crippen molar-refractivity contribution < 1.29 is 9.53 Å². The smallest absolute Gasteiger partial charge is 0.238 e. The number of carbonyl (C=O) groups is 1. The summed E-state index contributed by atoms with van der Waals surface area (Å²) in [6.45, 7) is 7.40. The van der Waals surface area contributed by atoms with Crippen molar-refractivity contribution in [1.29, 1.82) is 0 Å². The molecule has 0 saturated carbocycles. The Morgan fingerprint density at radius 3 is 2.62 bits per heavy atom. The van der Waals surface area contributed by atoms with Crippen LogP contribution in [0.5, 0.6) is 5.75 Å². The van der Waals surface area contributed by atoms with Crippen molar-refractivity contribution in [3.05, 3.63) is 76.8 Å². The Bertz CT molecular complexity index is 1140. The average molecular weight is 451 g/mol. The second kappa shape index (κ2) is 8.79. The van der Waals surface area contributed by atoms with Crippen LogP contribution < -0.4 is 15.0 Å². The van der Waals surface area contributed by atoms with Crippen LogP contribution in [0.2, 0.25) is 5.15 Å². The highest BCUT2D eigenvalue weighted by Gasteiger charge is 2.52. The Kier molecular flexibility index (Phi) is 6.07. The molecule has 6 nitrogen and oxygen atoms in total. The first-order valence-electron chi connectivity index (χ1n) is 10.6. The van der Waals surface area contributed by atoms with Gasteiger partial charge in [0.15, 0.2) is 0 Å². The summed E-state index contributed by atoms with van der Waals surface area (Å²) in [6.07, 6.45) is 3.33. The molecule has 7 heteroatoms. The maximum absolute atomic E-state index is 13.8. The number of aryl methyl sites for hydroxylation is 1. The van der Waals surface area contributed by atoms with Gasteiger partial charge in [0, 0.05) is 36.7 Å². The van der Waals surface area contributed by atoms with Crippen LogP contribution in [0, 0.1) is 6.92 Å². The first kappa shape index (κ1) is 22.1. The summed E-state index contributed by atoms with van der Waals surface area (Å²) < 4.78 is 5.41. The number of rotatable bonds is 6. The largest absolute Gasteiger partial charge is 0.494 e. The van der Waals surface area contributed by atoms with E-state index in [-0.39, 0.29) is 5.91 Å². The van der Waals surface area contributed by atoms with Crippen LogP contribution in [0.25, 0.3) is 0 Å². The van der Waals surface area contributed by atoms with Crippen molar-refractivity contribution in [3.8, 4) is 5.75 Å². The van der Waals surface area contributed by atoms with E-state index in [4.69, 9.17) is 16.3 Å². The number of anilines is 2. The fraction of sp³-hybridized carbons (Fsp3) is 0.320. The Labute approximate surface area is 193 Å². The van der Waals surface area contributed by atoms with E-state index in [9.17, 15) is 4.79 Å². The van der Waals surface area contributed by atoms with Crippen LogP contribution in [-0.4, -0.2) is 36.1 Å². The molecule has 1 aliphatic rings. The second-order valence-corrected chi connectivity index (χ2v) is 8.88. The molecular formula is C25H27ClN4O2. The molecule has 1 fully saturated rings. The number of methoxy groups -OCH3 is 1. The lowest BCUT2D eigenvalue weighted by Gasteiger charge is -2.51. The summed E-state index contributed by atoms with van der Waals surface area (Å²) in [5, 5.41) is 3.36. The summed E-state index contributed by atoms with van der Waals surface area (Å²) in [6, 6.07) is 13.8. The molecule has 2 aromatic heterocycles. The zero-order chi connectivity index (χ0) is 22.9. The number of ether oxygens (including phenoxy) is 1. The van der Waals surface area contributed by atoms with Crippen LogP contribution in [0.15, 0.2) is 54.9 Å². The molecule has 0 spiro atoms. The van der Waals surface area contributed by atoms with Gasteiger partial charge in [0.2, 0.25) is 5.91 Å². The molecule has 1 saturated heterocycles. The molecule has 1 N–H and O–H groups in total. The molecule has 1 aromatic carbocycles. The Morgan fingerprint density at radius 2 is 1.94 bits per heavy atom. The topological polar surface area (TPSA) is 67.3 Å². The van der Waals surface area contributed by atoms with E-state index >= 15 is 0 Å². The molecule has 0 unspecified atom stereocenters. The van der Waals surface area contributed by atoms with E-state index in [1.54, 1.807) is 19.4 Å². The first-order valence-corrected chi connectivity index (χ1v) is 11.0. The number of carbonyl (C=O) groups excluding carboxylic acids is 1. The maximum atomic E-state index is 13.8. The number of pyridine rings is 2. The van der Waals surface area contributed by atoms with Gasteiger partial charge in [-0.05, 0) is 36.1 Å². The second-order valence-electron chi connectivity index (χ2n) is 8.50. The quantitative estimate of drug-likeness (QED) is 0.537. The van der Waals surface area contributed by atoms with E-state index in [1.807, 2.05) is 31.2 Å². The SMILES string of the molecule is COc1cc(Cl)ncc1NC(=O)C1(c2ccccc2C(C)C)CN(c2ccnc(C)c2)C1. The molecule has 0 bridgehead atoms. The standard InChI is InChI=1S/C25H27ClN4O2/c1-16(2)19-7-5-6-8-20(19)25(14-30(15-25)18-9-10-27-17(3)11-18)24(31)29-21-13-28-23(26)12-22(21)32-4/h5-13,16H,14-15H2,1-4H3,(H,29,31). The highest BCUT2D eigenvalue weighted by molar-refractivity contribution is 6.29. The average Bonchev–Trinajstić information content (AvgIpc) is 2.74. The van der Waals surface area contributed by atoms with E-state index in [0.29, 0.717) is 35.6 Å². The number of hydrogen-bond donors (Lipinski definition) is 1.